The van der Waals surface area contributed by atoms with Crippen molar-refractivity contribution in [1.29, 1.82) is 0 Å². The summed E-state index contributed by atoms with van der Waals surface area (Å²) in [6.07, 6.45) is 0.328. The molecule has 3 amide bonds. The third-order valence-corrected chi connectivity index (χ3v) is 3.31. The van der Waals surface area contributed by atoms with Crippen molar-refractivity contribution in [3.63, 3.8) is 0 Å². The van der Waals surface area contributed by atoms with Gasteiger partial charge in [0.25, 0.3) is 0 Å². The maximum Gasteiger partial charge on any atom is 0.328 e. The van der Waals surface area contributed by atoms with Gasteiger partial charge in [-0.2, -0.15) is 0 Å². The summed E-state index contributed by atoms with van der Waals surface area (Å²) in [5.41, 5.74) is 0.646. The topological polar surface area (TPSA) is 49.4 Å². The Morgan fingerprint density at radius 1 is 1.11 bits per heavy atom. The lowest BCUT2D eigenvalue weighted by atomic mass is 10.1. The highest BCUT2D eigenvalue weighted by Gasteiger charge is 2.31. The standard InChI is InChI=1S/C15H14N2O2/c1-10-9-14(18)17(15(19)16-10)13-8-4-6-11-5-2-3-7-12(11)13/h2-8,10H,9H2,1H3,(H,16,19). The van der Waals surface area contributed by atoms with Gasteiger partial charge >= 0.3 is 6.03 Å². The quantitative estimate of drug-likeness (QED) is 0.850. The summed E-state index contributed by atoms with van der Waals surface area (Å²) in [6, 6.07) is 12.9. The molecule has 1 fully saturated rings. The molecule has 0 bridgehead atoms. The van der Waals surface area contributed by atoms with E-state index in [4.69, 9.17) is 0 Å². The molecule has 1 atom stereocenters. The second kappa shape index (κ2) is 4.39. The molecule has 3 rings (SSSR count). The molecule has 96 valence electrons. The van der Waals surface area contributed by atoms with Gasteiger partial charge in [0.1, 0.15) is 0 Å². The first-order valence-corrected chi connectivity index (χ1v) is 6.28. The second-order valence-electron chi connectivity index (χ2n) is 4.78. The lowest BCUT2D eigenvalue weighted by Crippen LogP contribution is -2.54. The number of imide groups is 1. The Kier molecular flexibility index (Phi) is 2.71. The lowest BCUT2D eigenvalue weighted by molar-refractivity contribution is -0.118. The van der Waals surface area contributed by atoms with E-state index in [1.165, 1.54) is 4.90 Å². The van der Waals surface area contributed by atoms with E-state index in [0.717, 1.165) is 10.8 Å². The van der Waals surface area contributed by atoms with Gasteiger partial charge in [-0.1, -0.05) is 36.4 Å². The van der Waals surface area contributed by atoms with Gasteiger partial charge in [0, 0.05) is 17.8 Å². The van der Waals surface area contributed by atoms with E-state index in [9.17, 15) is 9.59 Å². The second-order valence-corrected chi connectivity index (χ2v) is 4.78. The zero-order valence-electron chi connectivity index (χ0n) is 10.6. The molecular formula is C15H14N2O2. The minimum Gasteiger partial charge on any atom is -0.334 e. The largest absolute Gasteiger partial charge is 0.334 e. The predicted octanol–water partition coefficient (Wildman–Crippen LogP) is 2.67. The fraction of sp³-hybridized carbons (Fsp3) is 0.200. The van der Waals surface area contributed by atoms with Crippen LogP contribution in [0.3, 0.4) is 0 Å². The molecule has 1 N–H and O–H groups in total. The molecule has 2 aromatic carbocycles. The Morgan fingerprint density at radius 3 is 2.63 bits per heavy atom. The molecular weight excluding hydrogens is 240 g/mol. The highest BCUT2D eigenvalue weighted by molar-refractivity contribution is 6.19. The van der Waals surface area contributed by atoms with Crippen molar-refractivity contribution in [2.24, 2.45) is 0 Å². The molecule has 1 saturated heterocycles. The predicted molar refractivity (Wildman–Crippen MR) is 74.0 cm³/mol. The van der Waals surface area contributed by atoms with Crippen LogP contribution in [-0.2, 0) is 4.79 Å². The van der Waals surface area contributed by atoms with Crippen molar-refractivity contribution < 1.29 is 9.59 Å². The van der Waals surface area contributed by atoms with Gasteiger partial charge in [0.15, 0.2) is 0 Å². The number of anilines is 1. The minimum atomic E-state index is -0.347. The van der Waals surface area contributed by atoms with Gasteiger partial charge < -0.3 is 5.32 Å². The number of carbonyl (C=O) groups is 2. The molecule has 0 aromatic heterocycles. The smallest absolute Gasteiger partial charge is 0.328 e. The summed E-state index contributed by atoms with van der Waals surface area (Å²) >= 11 is 0. The van der Waals surface area contributed by atoms with Gasteiger partial charge in [-0.15, -0.1) is 0 Å². The van der Waals surface area contributed by atoms with Crippen LogP contribution in [0, 0.1) is 0 Å². The van der Waals surface area contributed by atoms with Crippen LogP contribution in [0.25, 0.3) is 10.8 Å². The van der Waals surface area contributed by atoms with Gasteiger partial charge in [-0.25, -0.2) is 9.69 Å². The normalized spacial score (nSPS) is 19.6. The van der Waals surface area contributed by atoms with Crippen LogP contribution in [0.2, 0.25) is 0 Å². The summed E-state index contributed by atoms with van der Waals surface area (Å²) in [5, 5.41) is 4.71. The number of hydrogen-bond donors (Lipinski definition) is 1. The molecule has 4 heteroatoms. The first-order valence-electron chi connectivity index (χ1n) is 6.28. The Labute approximate surface area is 111 Å². The van der Waals surface area contributed by atoms with E-state index >= 15 is 0 Å². The number of carbonyl (C=O) groups excluding carboxylic acids is 2. The summed E-state index contributed by atoms with van der Waals surface area (Å²) in [5.74, 6) is -0.160. The van der Waals surface area contributed by atoms with Gasteiger partial charge in [0.05, 0.1) is 5.69 Å². The molecule has 1 aliphatic heterocycles. The summed E-state index contributed by atoms with van der Waals surface area (Å²) in [6.45, 7) is 1.83. The molecule has 1 aliphatic rings. The van der Waals surface area contributed by atoms with Crippen LogP contribution >= 0.6 is 0 Å². The molecule has 2 aromatic rings. The SMILES string of the molecule is CC1CC(=O)N(c2cccc3ccccc23)C(=O)N1. The maximum atomic E-state index is 12.1. The Hall–Kier alpha value is -2.36. The number of nitrogens with zero attached hydrogens (tertiary/aromatic N) is 1. The van der Waals surface area contributed by atoms with Crippen molar-refractivity contribution in [3.8, 4) is 0 Å². The highest BCUT2D eigenvalue weighted by Crippen LogP contribution is 2.28. The van der Waals surface area contributed by atoms with Crippen molar-refractivity contribution in [2.75, 3.05) is 4.90 Å². The van der Waals surface area contributed by atoms with Crippen LogP contribution in [0.4, 0.5) is 10.5 Å². The van der Waals surface area contributed by atoms with Crippen molar-refractivity contribution in [3.05, 3.63) is 42.5 Å². The number of rotatable bonds is 1. The third-order valence-electron chi connectivity index (χ3n) is 3.31. The number of hydrogen-bond acceptors (Lipinski definition) is 2. The van der Waals surface area contributed by atoms with Crippen molar-refractivity contribution >= 4 is 28.4 Å². The Bertz CT molecular complexity index is 643. The fourth-order valence-corrected chi connectivity index (χ4v) is 2.44. The van der Waals surface area contributed by atoms with Crippen LogP contribution in [-0.4, -0.2) is 18.0 Å². The van der Waals surface area contributed by atoms with E-state index in [1.54, 1.807) is 6.07 Å². The lowest BCUT2D eigenvalue weighted by Gasteiger charge is -2.30. The molecule has 0 aliphatic carbocycles. The molecule has 0 saturated carbocycles. The zero-order chi connectivity index (χ0) is 13.4. The number of amides is 3. The molecule has 19 heavy (non-hydrogen) atoms. The van der Waals surface area contributed by atoms with Crippen molar-refractivity contribution in [1.82, 2.24) is 5.32 Å². The molecule has 4 nitrogen and oxygen atoms in total. The van der Waals surface area contributed by atoms with E-state index in [-0.39, 0.29) is 18.0 Å². The van der Waals surface area contributed by atoms with Gasteiger partial charge in [-0.05, 0) is 18.4 Å². The number of nitrogens with one attached hydrogen (secondary N) is 1. The van der Waals surface area contributed by atoms with E-state index in [0.29, 0.717) is 12.1 Å². The summed E-state index contributed by atoms with van der Waals surface area (Å²) < 4.78 is 0. The Morgan fingerprint density at radius 2 is 1.84 bits per heavy atom. The first-order chi connectivity index (χ1) is 9.16. The van der Waals surface area contributed by atoms with E-state index in [2.05, 4.69) is 5.32 Å². The summed E-state index contributed by atoms with van der Waals surface area (Å²) in [7, 11) is 0. The monoisotopic (exact) mass is 254 g/mol. The number of fused-ring (bicyclic) bond motifs is 1. The van der Waals surface area contributed by atoms with Crippen LogP contribution in [0.15, 0.2) is 42.5 Å². The number of urea groups is 1. The molecule has 0 spiro atoms. The van der Waals surface area contributed by atoms with Crippen LogP contribution < -0.4 is 10.2 Å². The molecule has 1 heterocycles. The van der Waals surface area contributed by atoms with Crippen LogP contribution in [0.1, 0.15) is 13.3 Å². The highest BCUT2D eigenvalue weighted by atomic mass is 16.2. The average molecular weight is 254 g/mol. The molecule has 0 radical (unpaired) electrons. The Balaban J connectivity index is 2.14. The van der Waals surface area contributed by atoms with Gasteiger partial charge in [-0.3, -0.25) is 4.79 Å². The molecule has 1 unspecified atom stereocenters. The van der Waals surface area contributed by atoms with Gasteiger partial charge in [0.2, 0.25) is 5.91 Å². The number of benzene rings is 2. The minimum absolute atomic E-state index is 0.105. The third kappa shape index (κ3) is 1.95. The van der Waals surface area contributed by atoms with Crippen molar-refractivity contribution in [2.45, 2.75) is 19.4 Å². The summed E-state index contributed by atoms with van der Waals surface area (Å²) in [4.78, 5) is 25.4. The average Bonchev–Trinajstić information content (AvgIpc) is 2.38. The maximum absolute atomic E-state index is 12.1. The van der Waals surface area contributed by atoms with E-state index in [1.807, 2.05) is 43.3 Å². The van der Waals surface area contributed by atoms with Crippen LogP contribution in [0.5, 0.6) is 0 Å². The first kappa shape index (κ1) is 11.7. The van der Waals surface area contributed by atoms with E-state index < -0.39 is 0 Å². The fourth-order valence-electron chi connectivity index (χ4n) is 2.44. The zero-order valence-corrected chi connectivity index (χ0v) is 10.6.